The zero-order chi connectivity index (χ0) is 17.5. The number of hydrogen-bond donors (Lipinski definition) is 2. The Morgan fingerprint density at radius 3 is 2.58 bits per heavy atom. The van der Waals surface area contributed by atoms with Gasteiger partial charge in [-0.05, 0) is 18.1 Å². The predicted molar refractivity (Wildman–Crippen MR) is 89.2 cm³/mol. The van der Waals surface area contributed by atoms with Crippen LogP contribution in [0.25, 0.3) is 0 Å². The van der Waals surface area contributed by atoms with Crippen LogP contribution in [0.5, 0.6) is 0 Å². The van der Waals surface area contributed by atoms with Crippen LogP contribution in [0.2, 0.25) is 5.02 Å². The molecule has 2 amide bonds. The number of carbonyl (C=O) groups is 2. The van der Waals surface area contributed by atoms with E-state index in [4.69, 9.17) is 11.6 Å². The summed E-state index contributed by atoms with van der Waals surface area (Å²) in [5, 5.41) is 6.53. The summed E-state index contributed by atoms with van der Waals surface area (Å²) in [4.78, 5) is 26.3. The van der Waals surface area contributed by atoms with Crippen LogP contribution in [-0.2, 0) is 4.79 Å². The van der Waals surface area contributed by atoms with Gasteiger partial charge in [0.15, 0.2) is 0 Å². The first-order valence-corrected chi connectivity index (χ1v) is 8.54. The van der Waals surface area contributed by atoms with E-state index in [1.807, 2.05) is 13.8 Å². The normalized spacial score (nSPS) is 23.0. The van der Waals surface area contributed by atoms with Gasteiger partial charge in [-0.3, -0.25) is 14.9 Å². The average Bonchev–Trinajstić information content (AvgIpc) is 2.84. The SMILES string of the molecule is CC(C)C1NC2(CCN(C(=O)c3c(F)cccc3Cl)CC2)NC1=O. The second kappa shape index (κ2) is 6.33. The standard InChI is InChI=1S/C17H21ClFN3O2/c1-10(2)14-15(23)21-17(20-14)6-8-22(9-7-17)16(24)13-11(18)4-3-5-12(13)19/h3-5,10,14,20H,6-9H2,1-2H3,(H,21,23). The van der Waals surface area contributed by atoms with E-state index in [9.17, 15) is 14.0 Å². The largest absolute Gasteiger partial charge is 0.338 e. The van der Waals surface area contributed by atoms with Gasteiger partial charge < -0.3 is 10.2 Å². The van der Waals surface area contributed by atoms with Crippen LogP contribution in [0.3, 0.4) is 0 Å². The van der Waals surface area contributed by atoms with E-state index in [0.29, 0.717) is 25.9 Å². The van der Waals surface area contributed by atoms with E-state index >= 15 is 0 Å². The van der Waals surface area contributed by atoms with Crippen LogP contribution in [-0.4, -0.2) is 41.5 Å². The molecule has 3 rings (SSSR count). The number of rotatable bonds is 2. The fraction of sp³-hybridized carbons (Fsp3) is 0.529. The second-order valence-corrected chi connectivity index (χ2v) is 7.23. The lowest BCUT2D eigenvalue weighted by molar-refractivity contribution is -0.121. The molecule has 24 heavy (non-hydrogen) atoms. The van der Waals surface area contributed by atoms with Crippen LogP contribution in [0.4, 0.5) is 4.39 Å². The molecule has 2 fully saturated rings. The van der Waals surface area contributed by atoms with Gasteiger partial charge in [0.1, 0.15) is 5.82 Å². The highest BCUT2D eigenvalue weighted by atomic mass is 35.5. The van der Waals surface area contributed by atoms with Crippen LogP contribution in [0, 0.1) is 11.7 Å². The van der Waals surface area contributed by atoms with Crippen LogP contribution < -0.4 is 10.6 Å². The quantitative estimate of drug-likeness (QED) is 0.856. The maximum Gasteiger partial charge on any atom is 0.258 e. The highest BCUT2D eigenvalue weighted by Gasteiger charge is 2.46. The minimum Gasteiger partial charge on any atom is -0.338 e. The molecule has 0 radical (unpaired) electrons. The average molecular weight is 354 g/mol. The van der Waals surface area contributed by atoms with Crippen molar-refractivity contribution in [2.75, 3.05) is 13.1 Å². The summed E-state index contributed by atoms with van der Waals surface area (Å²) in [5.41, 5.74) is -0.555. The molecule has 1 unspecified atom stereocenters. The van der Waals surface area contributed by atoms with Crippen LogP contribution >= 0.6 is 11.6 Å². The molecule has 2 aliphatic rings. The Hall–Kier alpha value is -1.66. The Balaban J connectivity index is 1.70. The third kappa shape index (κ3) is 3.00. The first kappa shape index (κ1) is 17.2. The van der Waals surface area contributed by atoms with Gasteiger partial charge in [-0.1, -0.05) is 31.5 Å². The lowest BCUT2D eigenvalue weighted by atomic mass is 9.96. The highest BCUT2D eigenvalue weighted by Crippen LogP contribution is 2.28. The first-order valence-electron chi connectivity index (χ1n) is 8.16. The monoisotopic (exact) mass is 353 g/mol. The molecule has 2 N–H and O–H groups in total. The molecule has 7 heteroatoms. The number of carbonyl (C=O) groups excluding carboxylic acids is 2. The van der Waals surface area contributed by atoms with Crippen LogP contribution in [0.15, 0.2) is 18.2 Å². The zero-order valence-electron chi connectivity index (χ0n) is 13.7. The minimum atomic E-state index is -0.611. The zero-order valence-corrected chi connectivity index (χ0v) is 14.5. The van der Waals surface area contributed by atoms with Crippen molar-refractivity contribution in [1.82, 2.24) is 15.5 Å². The Morgan fingerprint density at radius 1 is 1.38 bits per heavy atom. The number of likely N-dealkylation sites (tertiary alicyclic amines) is 1. The lowest BCUT2D eigenvalue weighted by Gasteiger charge is -2.39. The second-order valence-electron chi connectivity index (χ2n) is 6.83. The summed E-state index contributed by atoms with van der Waals surface area (Å²) in [6, 6.07) is 4.00. The van der Waals surface area contributed by atoms with E-state index in [2.05, 4.69) is 10.6 Å². The van der Waals surface area contributed by atoms with Crippen molar-refractivity contribution in [2.45, 2.75) is 38.4 Å². The van der Waals surface area contributed by atoms with Crippen molar-refractivity contribution in [3.8, 4) is 0 Å². The molecular formula is C17H21ClFN3O2. The fourth-order valence-electron chi connectivity index (χ4n) is 3.40. The molecule has 0 aliphatic carbocycles. The van der Waals surface area contributed by atoms with Gasteiger partial charge in [0, 0.05) is 25.9 Å². The van der Waals surface area contributed by atoms with E-state index in [0.717, 1.165) is 0 Å². The molecule has 1 aromatic rings. The Kier molecular flexibility index (Phi) is 4.53. The molecule has 2 saturated heterocycles. The molecule has 2 heterocycles. The van der Waals surface area contributed by atoms with Gasteiger partial charge in [0.05, 0.1) is 22.3 Å². The van der Waals surface area contributed by atoms with Crippen molar-refractivity contribution in [1.29, 1.82) is 0 Å². The van der Waals surface area contributed by atoms with E-state index in [1.165, 1.54) is 18.2 Å². The van der Waals surface area contributed by atoms with Gasteiger partial charge in [0.2, 0.25) is 5.91 Å². The molecule has 2 aliphatic heterocycles. The number of nitrogens with one attached hydrogen (secondary N) is 2. The molecular weight excluding hydrogens is 333 g/mol. The Morgan fingerprint density at radius 2 is 2.04 bits per heavy atom. The van der Waals surface area contributed by atoms with Crippen molar-refractivity contribution in [3.05, 3.63) is 34.6 Å². The summed E-state index contributed by atoms with van der Waals surface area (Å²) in [5.74, 6) is -0.819. The predicted octanol–water partition coefficient (Wildman–Crippen LogP) is 2.16. The molecule has 1 spiro atoms. The van der Waals surface area contributed by atoms with Gasteiger partial charge in [-0.25, -0.2) is 4.39 Å². The van der Waals surface area contributed by atoms with Crippen LogP contribution in [0.1, 0.15) is 37.0 Å². The molecule has 0 bridgehead atoms. The maximum absolute atomic E-state index is 13.9. The van der Waals surface area contributed by atoms with Gasteiger partial charge in [-0.15, -0.1) is 0 Å². The summed E-state index contributed by atoms with van der Waals surface area (Å²) >= 11 is 5.98. The maximum atomic E-state index is 13.9. The van der Waals surface area contributed by atoms with Crippen molar-refractivity contribution in [3.63, 3.8) is 0 Å². The minimum absolute atomic E-state index is 0.00178. The number of benzene rings is 1. The smallest absolute Gasteiger partial charge is 0.258 e. The number of halogens is 2. The molecule has 1 aromatic carbocycles. The summed E-state index contributed by atoms with van der Waals surface area (Å²) in [6.07, 6.45) is 1.17. The molecule has 5 nitrogen and oxygen atoms in total. The number of nitrogens with zero attached hydrogens (tertiary/aromatic N) is 1. The van der Waals surface area contributed by atoms with Crippen molar-refractivity contribution >= 4 is 23.4 Å². The number of amides is 2. The highest BCUT2D eigenvalue weighted by molar-refractivity contribution is 6.33. The summed E-state index contributed by atoms with van der Waals surface area (Å²) in [6.45, 7) is 4.85. The van der Waals surface area contributed by atoms with Gasteiger partial charge >= 0.3 is 0 Å². The van der Waals surface area contributed by atoms with Gasteiger partial charge in [0.25, 0.3) is 5.91 Å². The Labute approximate surface area is 145 Å². The summed E-state index contributed by atoms with van der Waals surface area (Å²) < 4.78 is 13.9. The van der Waals surface area contributed by atoms with Crippen molar-refractivity contribution in [2.24, 2.45) is 5.92 Å². The van der Waals surface area contributed by atoms with E-state index < -0.39 is 17.4 Å². The first-order chi connectivity index (χ1) is 11.3. The third-order valence-electron chi connectivity index (χ3n) is 4.82. The third-order valence-corrected chi connectivity index (χ3v) is 5.14. The Bertz CT molecular complexity index is 652. The number of piperidine rings is 1. The summed E-state index contributed by atoms with van der Waals surface area (Å²) in [7, 11) is 0. The van der Waals surface area contributed by atoms with E-state index in [1.54, 1.807) is 4.90 Å². The molecule has 130 valence electrons. The lowest BCUT2D eigenvalue weighted by Crippen LogP contribution is -2.58. The molecule has 0 aromatic heterocycles. The molecule has 1 atom stereocenters. The fourth-order valence-corrected chi connectivity index (χ4v) is 3.65. The van der Waals surface area contributed by atoms with Gasteiger partial charge in [-0.2, -0.15) is 0 Å². The number of hydrogen-bond acceptors (Lipinski definition) is 3. The van der Waals surface area contributed by atoms with E-state index in [-0.39, 0.29) is 28.5 Å². The van der Waals surface area contributed by atoms with Crippen molar-refractivity contribution < 1.29 is 14.0 Å². The molecule has 0 saturated carbocycles. The topological polar surface area (TPSA) is 61.4 Å².